The van der Waals surface area contributed by atoms with Gasteiger partial charge in [-0.05, 0) is 19.1 Å². The Balaban J connectivity index is 1.38. The van der Waals surface area contributed by atoms with E-state index in [-0.39, 0.29) is 5.75 Å². The number of hydrogen-bond donors (Lipinski definition) is 1. The SMILES string of the molecule is Cc1cc(CS(=O)(=O)c2ccccc2)cc(OCc2ccc(CN3CCC[C@@H]3[I-]O)cc2)c1. The number of nitrogens with zero attached hydrogens (tertiary/aromatic N) is 1. The first-order valence-corrected chi connectivity index (χ1v) is 14.9. The van der Waals surface area contributed by atoms with Gasteiger partial charge in [-0.25, -0.2) is 8.42 Å². The van der Waals surface area contributed by atoms with Crippen LogP contribution in [0.2, 0.25) is 0 Å². The molecule has 0 bridgehead atoms. The molecule has 0 aromatic heterocycles. The number of benzene rings is 3. The van der Waals surface area contributed by atoms with Crippen LogP contribution in [0.25, 0.3) is 0 Å². The zero-order valence-corrected chi connectivity index (χ0v) is 21.6. The molecule has 0 aliphatic carbocycles. The Morgan fingerprint density at radius 3 is 2.45 bits per heavy atom. The number of alkyl halides is 1. The quantitative estimate of drug-likeness (QED) is 0.237. The standard InChI is InChI=1S/C26H29INO4S/c1-20-14-23(19-33(30,31)25-6-3-2-4-7-25)16-24(15-20)32-18-22-11-9-21(10-12-22)17-28-13-5-8-26(28)27-29/h2-4,6-7,9-12,14-16,26,29H,5,8,13,17-19H2,1H3/q-1/t26-/m1/s1. The van der Waals surface area contributed by atoms with Crippen LogP contribution in [-0.4, -0.2) is 27.3 Å². The van der Waals surface area contributed by atoms with Crippen molar-refractivity contribution in [1.29, 1.82) is 0 Å². The summed E-state index contributed by atoms with van der Waals surface area (Å²) in [5, 5.41) is 0. The summed E-state index contributed by atoms with van der Waals surface area (Å²) in [5.41, 5.74) is 3.99. The molecule has 7 heteroatoms. The number of aryl methyl sites for hydroxylation is 1. The van der Waals surface area contributed by atoms with Crippen LogP contribution < -0.4 is 26.4 Å². The average Bonchev–Trinajstić information content (AvgIpc) is 3.25. The molecule has 1 atom stereocenters. The fourth-order valence-electron chi connectivity index (χ4n) is 4.14. The van der Waals surface area contributed by atoms with E-state index < -0.39 is 31.5 Å². The Kier molecular flexibility index (Phi) is 8.06. The van der Waals surface area contributed by atoms with Crippen LogP contribution in [0.3, 0.4) is 0 Å². The van der Waals surface area contributed by atoms with Gasteiger partial charge in [0.1, 0.15) is 0 Å². The van der Waals surface area contributed by atoms with Crippen LogP contribution in [0.15, 0.2) is 77.7 Å². The minimum atomic E-state index is -3.41. The van der Waals surface area contributed by atoms with Gasteiger partial charge in [-0.1, -0.05) is 24.3 Å². The van der Waals surface area contributed by atoms with Gasteiger partial charge in [0.05, 0.1) is 10.6 Å². The molecule has 0 unspecified atom stereocenters. The summed E-state index contributed by atoms with van der Waals surface area (Å²) < 4.78 is 41.5. The zero-order chi connectivity index (χ0) is 23.3. The van der Waals surface area contributed by atoms with Crippen molar-refractivity contribution in [2.75, 3.05) is 6.54 Å². The first-order valence-electron chi connectivity index (χ1n) is 11.0. The van der Waals surface area contributed by atoms with Crippen molar-refractivity contribution < 1.29 is 38.2 Å². The van der Waals surface area contributed by atoms with Gasteiger partial charge in [0.25, 0.3) is 0 Å². The summed E-state index contributed by atoms with van der Waals surface area (Å²) in [6.45, 7) is 4.30. The molecule has 1 fully saturated rings. The van der Waals surface area contributed by atoms with E-state index in [1.807, 2.05) is 31.2 Å². The van der Waals surface area contributed by atoms with Crippen LogP contribution in [0.4, 0.5) is 0 Å². The van der Waals surface area contributed by atoms with Crippen LogP contribution in [0.1, 0.15) is 35.1 Å². The van der Waals surface area contributed by atoms with E-state index in [1.54, 1.807) is 24.3 Å². The minimum absolute atomic E-state index is 0.0582. The van der Waals surface area contributed by atoms with Gasteiger partial charge < -0.3 is 0 Å². The Bertz CT molecular complexity index is 1170. The maximum absolute atomic E-state index is 12.7. The van der Waals surface area contributed by atoms with Gasteiger partial charge in [-0.2, -0.15) is 0 Å². The molecule has 1 aliphatic heterocycles. The van der Waals surface area contributed by atoms with E-state index in [1.165, 1.54) is 12.0 Å². The van der Waals surface area contributed by atoms with Crippen LogP contribution in [0, 0.1) is 6.92 Å². The van der Waals surface area contributed by atoms with Crippen molar-refractivity contribution in [1.82, 2.24) is 4.90 Å². The van der Waals surface area contributed by atoms with Gasteiger partial charge >= 0.3 is 136 Å². The summed E-state index contributed by atoms with van der Waals surface area (Å²) in [7, 11) is -3.41. The van der Waals surface area contributed by atoms with Crippen molar-refractivity contribution in [2.45, 2.75) is 47.6 Å². The van der Waals surface area contributed by atoms with E-state index in [0.717, 1.165) is 36.2 Å². The number of rotatable bonds is 9. The van der Waals surface area contributed by atoms with Crippen molar-refractivity contribution in [2.24, 2.45) is 0 Å². The molecule has 0 saturated carbocycles. The van der Waals surface area contributed by atoms with E-state index in [9.17, 15) is 11.9 Å². The Morgan fingerprint density at radius 1 is 1.00 bits per heavy atom. The molecule has 5 nitrogen and oxygen atoms in total. The topological polar surface area (TPSA) is 66.8 Å². The third-order valence-corrected chi connectivity index (χ3v) is 9.54. The number of hydrogen-bond acceptors (Lipinski definition) is 5. The first kappa shape index (κ1) is 24.2. The molecule has 0 radical (unpaired) electrons. The second-order valence-corrected chi connectivity index (χ2v) is 12.5. The van der Waals surface area contributed by atoms with Crippen molar-refractivity contribution >= 4 is 9.84 Å². The van der Waals surface area contributed by atoms with Crippen LogP contribution >= 0.6 is 0 Å². The van der Waals surface area contributed by atoms with Crippen LogP contribution in [0.5, 0.6) is 5.75 Å². The summed E-state index contributed by atoms with van der Waals surface area (Å²) in [6.07, 6.45) is 2.28. The molecule has 4 rings (SSSR count). The van der Waals surface area contributed by atoms with Gasteiger partial charge in [0, 0.05) is 0 Å². The molecule has 33 heavy (non-hydrogen) atoms. The predicted molar refractivity (Wildman–Crippen MR) is 125 cm³/mol. The number of ether oxygens (including phenoxy) is 1. The fourth-order valence-corrected chi connectivity index (χ4v) is 7.03. The average molecular weight is 578 g/mol. The maximum atomic E-state index is 12.7. The molecule has 1 N–H and O–H groups in total. The molecule has 176 valence electrons. The van der Waals surface area contributed by atoms with E-state index in [2.05, 4.69) is 29.2 Å². The van der Waals surface area contributed by atoms with E-state index >= 15 is 0 Å². The van der Waals surface area contributed by atoms with Gasteiger partial charge in [-0.3, -0.25) is 0 Å². The second kappa shape index (κ2) is 11.0. The van der Waals surface area contributed by atoms with Crippen molar-refractivity contribution in [3.8, 4) is 5.75 Å². The summed E-state index contributed by atoms with van der Waals surface area (Å²) in [5.74, 6) is 0.612. The van der Waals surface area contributed by atoms with E-state index in [0.29, 0.717) is 21.3 Å². The Morgan fingerprint density at radius 2 is 1.73 bits per heavy atom. The third kappa shape index (κ3) is 6.56. The van der Waals surface area contributed by atoms with E-state index in [4.69, 9.17) is 4.74 Å². The predicted octanol–water partition coefficient (Wildman–Crippen LogP) is 1.47. The molecule has 0 amide bonds. The van der Waals surface area contributed by atoms with Crippen molar-refractivity contribution in [3.63, 3.8) is 0 Å². The molecule has 1 heterocycles. The van der Waals surface area contributed by atoms with Gasteiger partial charge in [-0.15, -0.1) is 0 Å². The fraction of sp³-hybridized carbons (Fsp3) is 0.308. The summed E-state index contributed by atoms with van der Waals surface area (Å²) >= 11 is -0.733. The number of likely N-dealkylation sites (tertiary alicyclic amines) is 1. The van der Waals surface area contributed by atoms with Gasteiger partial charge in [0.15, 0.2) is 9.84 Å². The number of halogens is 1. The molecule has 3 aromatic rings. The Labute approximate surface area is 207 Å². The first-order chi connectivity index (χ1) is 15.9. The second-order valence-electron chi connectivity index (χ2n) is 8.48. The molecular weight excluding hydrogens is 549 g/mol. The monoisotopic (exact) mass is 578 g/mol. The number of sulfone groups is 1. The molecular formula is C26H29INO4S-. The Hall–Kier alpha value is -1.94. The molecule has 3 aromatic carbocycles. The third-order valence-electron chi connectivity index (χ3n) is 5.78. The summed E-state index contributed by atoms with van der Waals surface area (Å²) in [4.78, 5) is 2.71. The molecule has 1 saturated heterocycles. The normalized spacial score (nSPS) is 16.8. The van der Waals surface area contributed by atoms with Crippen LogP contribution in [-0.2, 0) is 28.7 Å². The molecule has 0 spiro atoms. The summed E-state index contributed by atoms with van der Waals surface area (Å²) in [6, 6.07) is 22.6. The molecule has 1 aliphatic rings. The van der Waals surface area contributed by atoms with Gasteiger partial charge in [0.2, 0.25) is 0 Å². The zero-order valence-electron chi connectivity index (χ0n) is 18.7. The van der Waals surface area contributed by atoms with Crippen molar-refractivity contribution in [3.05, 3.63) is 95.1 Å².